The SMILES string of the molecule is COc1ccccc1CC(C)N(C)c1ncc(C)cc1Br. The molecule has 4 heteroatoms. The zero-order valence-corrected chi connectivity index (χ0v) is 14.5. The number of hydrogen-bond donors (Lipinski definition) is 0. The van der Waals surface area contributed by atoms with Crippen LogP contribution in [0.5, 0.6) is 5.75 Å². The van der Waals surface area contributed by atoms with Gasteiger partial charge in [0.25, 0.3) is 0 Å². The van der Waals surface area contributed by atoms with Crippen LogP contribution in [0.25, 0.3) is 0 Å². The average Bonchev–Trinajstić information content (AvgIpc) is 2.47. The number of likely N-dealkylation sites (N-methyl/N-ethyl adjacent to an activating group) is 1. The molecule has 0 saturated carbocycles. The van der Waals surface area contributed by atoms with Gasteiger partial charge in [0.1, 0.15) is 11.6 Å². The highest BCUT2D eigenvalue weighted by Gasteiger charge is 2.16. The first-order valence-electron chi connectivity index (χ1n) is 6.99. The smallest absolute Gasteiger partial charge is 0.142 e. The van der Waals surface area contributed by atoms with Crippen LogP contribution in [0.1, 0.15) is 18.1 Å². The number of aryl methyl sites for hydroxylation is 1. The molecule has 0 radical (unpaired) electrons. The van der Waals surface area contributed by atoms with E-state index in [-0.39, 0.29) is 0 Å². The van der Waals surface area contributed by atoms with Gasteiger partial charge in [-0.15, -0.1) is 0 Å². The number of rotatable bonds is 5. The third kappa shape index (κ3) is 3.76. The van der Waals surface area contributed by atoms with E-state index in [2.05, 4.69) is 51.9 Å². The van der Waals surface area contributed by atoms with Crippen LogP contribution in [0.15, 0.2) is 41.0 Å². The van der Waals surface area contributed by atoms with Gasteiger partial charge in [-0.25, -0.2) is 4.98 Å². The molecule has 0 aliphatic carbocycles. The summed E-state index contributed by atoms with van der Waals surface area (Å²) in [7, 11) is 3.79. The third-order valence-electron chi connectivity index (χ3n) is 3.66. The van der Waals surface area contributed by atoms with E-state index in [0.29, 0.717) is 6.04 Å². The first kappa shape index (κ1) is 15.8. The lowest BCUT2D eigenvalue weighted by atomic mass is 10.1. The second-order valence-electron chi connectivity index (χ2n) is 5.29. The van der Waals surface area contributed by atoms with Gasteiger partial charge in [0, 0.05) is 19.3 Å². The van der Waals surface area contributed by atoms with E-state index < -0.39 is 0 Å². The Hall–Kier alpha value is -1.55. The Kier molecular flexibility index (Phi) is 5.23. The predicted octanol–water partition coefficient (Wildman–Crippen LogP) is 4.23. The number of para-hydroxylation sites is 1. The normalized spacial score (nSPS) is 12.0. The summed E-state index contributed by atoms with van der Waals surface area (Å²) in [5.41, 5.74) is 2.36. The maximum absolute atomic E-state index is 5.43. The van der Waals surface area contributed by atoms with Crippen LogP contribution in [0, 0.1) is 6.92 Å². The van der Waals surface area contributed by atoms with E-state index in [1.807, 2.05) is 31.3 Å². The number of pyridine rings is 1. The predicted molar refractivity (Wildman–Crippen MR) is 91.2 cm³/mol. The zero-order valence-electron chi connectivity index (χ0n) is 12.9. The number of ether oxygens (including phenoxy) is 1. The molecule has 0 fully saturated rings. The van der Waals surface area contributed by atoms with Crippen LogP contribution in [0.4, 0.5) is 5.82 Å². The Labute approximate surface area is 135 Å². The van der Waals surface area contributed by atoms with Crippen molar-refractivity contribution in [2.75, 3.05) is 19.1 Å². The quantitative estimate of drug-likeness (QED) is 0.808. The van der Waals surface area contributed by atoms with Crippen molar-refractivity contribution in [1.29, 1.82) is 0 Å². The van der Waals surface area contributed by atoms with Gasteiger partial charge in [0.05, 0.1) is 11.6 Å². The molecule has 3 nitrogen and oxygen atoms in total. The molecular weight excluding hydrogens is 328 g/mol. The van der Waals surface area contributed by atoms with Crippen LogP contribution in [-0.4, -0.2) is 25.2 Å². The number of hydrogen-bond acceptors (Lipinski definition) is 3. The molecule has 112 valence electrons. The molecule has 0 aliphatic heterocycles. The number of anilines is 1. The molecule has 1 atom stereocenters. The summed E-state index contributed by atoms with van der Waals surface area (Å²) < 4.78 is 6.45. The number of benzene rings is 1. The molecule has 0 amide bonds. The van der Waals surface area contributed by atoms with Crippen molar-refractivity contribution in [3.63, 3.8) is 0 Å². The van der Waals surface area contributed by atoms with Crippen molar-refractivity contribution in [1.82, 2.24) is 4.98 Å². The molecule has 0 spiro atoms. The van der Waals surface area contributed by atoms with E-state index in [1.54, 1.807) is 7.11 Å². The fraction of sp³-hybridized carbons (Fsp3) is 0.353. The lowest BCUT2D eigenvalue weighted by molar-refractivity contribution is 0.408. The molecule has 0 aliphatic rings. The van der Waals surface area contributed by atoms with Crippen LogP contribution in [0.3, 0.4) is 0 Å². The monoisotopic (exact) mass is 348 g/mol. The Bertz CT molecular complexity index is 615. The second-order valence-corrected chi connectivity index (χ2v) is 6.15. The first-order chi connectivity index (χ1) is 10.0. The van der Waals surface area contributed by atoms with Gasteiger partial charge in [0.2, 0.25) is 0 Å². The molecule has 1 aromatic heterocycles. The number of nitrogens with zero attached hydrogens (tertiary/aromatic N) is 2. The highest BCUT2D eigenvalue weighted by atomic mass is 79.9. The molecular formula is C17H21BrN2O. The maximum atomic E-state index is 5.43. The molecule has 2 aromatic rings. The Morgan fingerprint density at radius 1 is 1.33 bits per heavy atom. The van der Waals surface area contributed by atoms with Crippen molar-refractivity contribution in [3.8, 4) is 5.75 Å². The highest BCUT2D eigenvalue weighted by molar-refractivity contribution is 9.10. The van der Waals surface area contributed by atoms with E-state index in [4.69, 9.17) is 4.74 Å². The van der Waals surface area contributed by atoms with Crippen molar-refractivity contribution in [2.24, 2.45) is 0 Å². The lowest BCUT2D eigenvalue weighted by Crippen LogP contribution is -2.31. The van der Waals surface area contributed by atoms with Gasteiger partial charge in [0.15, 0.2) is 0 Å². The van der Waals surface area contributed by atoms with E-state index in [1.165, 1.54) is 5.56 Å². The third-order valence-corrected chi connectivity index (χ3v) is 4.25. The van der Waals surface area contributed by atoms with Crippen LogP contribution in [0.2, 0.25) is 0 Å². The molecule has 1 aromatic carbocycles. The second kappa shape index (κ2) is 6.94. The molecule has 0 bridgehead atoms. The minimum atomic E-state index is 0.313. The molecule has 1 unspecified atom stereocenters. The van der Waals surface area contributed by atoms with Crippen molar-refractivity contribution in [3.05, 3.63) is 52.1 Å². The van der Waals surface area contributed by atoms with Gasteiger partial charge in [-0.3, -0.25) is 0 Å². The summed E-state index contributed by atoms with van der Waals surface area (Å²) in [5, 5.41) is 0. The summed E-state index contributed by atoms with van der Waals surface area (Å²) in [6.45, 7) is 4.24. The summed E-state index contributed by atoms with van der Waals surface area (Å²) >= 11 is 3.60. The van der Waals surface area contributed by atoms with E-state index >= 15 is 0 Å². The zero-order chi connectivity index (χ0) is 15.4. The fourth-order valence-corrected chi connectivity index (χ4v) is 3.06. The van der Waals surface area contributed by atoms with Crippen molar-refractivity contribution in [2.45, 2.75) is 26.3 Å². The number of aromatic nitrogens is 1. The van der Waals surface area contributed by atoms with Crippen molar-refractivity contribution >= 4 is 21.7 Å². The minimum absolute atomic E-state index is 0.313. The Morgan fingerprint density at radius 2 is 2.05 bits per heavy atom. The highest BCUT2D eigenvalue weighted by Crippen LogP contribution is 2.27. The summed E-state index contributed by atoms with van der Waals surface area (Å²) in [6, 6.07) is 10.6. The largest absolute Gasteiger partial charge is 0.496 e. The minimum Gasteiger partial charge on any atom is -0.496 e. The van der Waals surface area contributed by atoms with Crippen LogP contribution >= 0.6 is 15.9 Å². The van der Waals surface area contributed by atoms with Crippen molar-refractivity contribution < 1.29 is 4.74 Å². The van der Waals surface area contributed by atoms with Gasteiger partial charge >= 0.3 is 0 Å². The van der Waals surface area contributed by atoms with Gasteiger partial charge < -0.3 is 9.64 Å². The van der Waals surface area contributed by atoms with Gasteiger partial charge in [-0.05, 0) is 59.5 Å². The van der Waals surface area contributed by atoms with E-state index in [9.17, 15) is 0 Å². The molecule has 21 heavy (non-hydrogen) atoms. The van der Waals surface area contributed by atoms with E-state index in [0.717, 1.165) is 28.0 Å². The Morgan fingerprint density at radius 3 is 2.71 bits per heavy atom. The maximum Gasteiger partial charge on any atom is 0.142 e. The van der Waals surface area contributed by atoms with Crippen LogP contribution < -0.4 is 9.64 Å². The standard InChI is InChI=1S/C17H21BrN2O/c1-12-9-15(18)17(19-11-12)20(3)13(2)10-14-7-5-6-8-16(14)21-4/h5-9,11,13H,10H2,1-4H3. The van der Waals surface area contributed by atoms with Gasteiger partial charge in [-0.2, -0.15) is 0 Å². The van der Waals surface area contributed by atoms with Gasteiger partial charge in [-0.1, -0.05) is 18.2 Å². The molecule has 1 heterocycles. The molecule has 0 N–H and O–H groups in total. The number of halogens is 1. The fourth-order valence-electron chi connectivity index (χ4n) is 2.32. The lowest BCUT2D eigenvalue weighted by Gasteiger charge is -2.27. The Balaban J connectivity index is 2.17. The summed E-state index contributed by atoms with van der Waals surface area (Å²) in [6.07, 6.45) is 2.80. The number of methoxy groups -OCH3 is 1. The van der Waals surface area contributed by atoms with Crippen LogP contribution in [-0.2, 0) is 6.42 Å². The molecule has 0 saturated heterocycles. The molecule has 2 rings (SSSR count). The average molecular weight is 349 g/mol. The summed E-state index contributed by atoms with van der Waals surface area (Å²) in [5.74, 6) is 1.90. The summed E-state index contributed by atoms with van der Waals surface area (Å²) in [4.78, 5) is 6.72. The first-order valence-corrected chi connectivity index (χ1v) is 7.79. The topological polar surface area (TPSA) is 25.4 Å².